The molecule has 2 aromatic heterocycles. The van der Waals surface area contributed by atoms with Gasteiger partial charge >= 0.3 is 0 Å². The number of anilines is 1. The Kier molecular flexibility index (Phi) is 4.69. The van der Waals surface area contributed by atoms with E-state index in [-0.39, 0.29) is 0 Å². The Bertz CT molecular complexity index is 829. The first-order valence-corrected chi connectivity index (χ1v) is 7.72. The summed E-state index contributed by atoms with van der Waals surface area (Å²) in [6.07, 6.45) is 4.17. The van der Waals surface area contributed by atoms with E-state index < -0.39 is 0 Å². The number of nitrogens with one attached hydrogen (secondary N) is 1. The lowest BCUT2D eigenvalue weighted by Gasteiger charge is -2.09. The van der Waals surface area contributed by atoms with Crippen LogP contribution in [0.15, 0.2) is 36.8 Å². The van der Waals surface area contributed by atoms with Crippen LogP contribution < -0.4 is 10.1 Å². The average Bonchev–Trinajstić information content (AvgIpc) is 3.02. The van der Waals surface area contributed by atoms with Crippen molar-refractivity contribution in [2.45, 2.75) is 13.3 Å². The van der Waals surface area contributed by atoms with Crippen molar-refractivity contribution in [3.8, 4) is 17.3 Å². The summed E-state index contributed by atoms with van der Waals surface area (Å²) in [6.45, 7) is 2.69. The largest absolute Gasteiger partial charge is 0.497 e. The predicted octanol–water partition coefficient (Wildman–Crippen LogP) is 2.24. The first kappa shape index (κ1) is 15.9. The first-order valence-electron chi connectivity index (χ1n) is 7.72. The minimum absolute atomic E-state index is 0.585. The highest BCUT2D eigenvalue weighted by Crippen LogP contribution is 2.18. The van der Waals surface area contributed by atoms with Crippen LogP contribution in [0.3, 0.4) is 0 Å². The summed E-state index contributed by atoms with van der Waals surface area (Å²) >= 11 is 0. The summed E-state index contributed by atoms with van der Waals surface area (Å²) in [7, 11) is 3.52. The number of aromatic nitrogens is 5. The van der Waals surface area contributed by atoms with Crippen LogP contribution in [0.4, 0.5) is 5.95 Å². The van der Waals surface area contributed by atoms with Crippen molar-refractivity contribution in [2.24, 2.45) is 7.05 Å². The highest BCUT2D eigenvalue weighted by Gasteiger charge is 2.11. The van der Waals surface area contributed by atoms with E-state index in [1.165, 1.54) is 11.9 Å². The fourth-order valence-corrected chi connectivity index (χ4v) is 2.41. The molecule has 0 atom stereocenters. The predicted molar refractivity (Wildman–Crippen MR) is 92.0 cm³/mol. The second-order valence-corrected chi connectivity index (χ2v) is 5.46. The number of aryl methyl sites for hydroxylation is 2. The Balaban J connectivity index is 1.69. The maximum absolute atomic E-state index is 5.24. The molecule has 3 rings (SSSR count). The SMILES string of the molecule is COc1cccc(CCNc2ncc(C)c(-c3ncnn3C)n2)c1. The fourth-order valence-electron chi connectivity index (χ4n) is 2.41. The smallest absolute Gasteiger partial charge is 0.223 e. The van der Waals surface area contributed by atoms with Gasteiger partial charge < -0.3 is 10.1 Å². The van der Waals surface area contributed by atoms with Crippen LogP contribution in [0.2, 0.25) is 0 Å². The van der Waals surface area contributed by atoms with Gasteiger partial charge in [-0.15, -0.1) is 0 Å². The minimum Gasteiger partial charge on any atom is -0.497 e. The van der Waals surface area contributed by atoms with E-state index in [4.69, 9.17) is 4.74 Å². The molecule has 0 aliphatic rings. The molecule has 1 N–H and O–H groups in total. The minimum atomic E-state index is 0.585. The zero-order chi connectivity index (χ0) is 16.9. The molecule has 0 radical (unpaired) electrons. The molecule has 1 aromatic carbocycles. The molecular weight excluding hydrogens is 304 g/mol. The number of benzene rings is 1. The van der Waals surface area contributed by atoms with Crippen LogP contribution in [0, 0.1) is 6.92 Å². The summed E-state index contributed by atoms with van der Waals surface area (Å²) in [6, 6.07) is 8.03. The van der Waals surface area contributed by atoms with Crippen LogP contribution in [-0.2, 0) is 13.5 Å². The van der Waals surface area contributed by atoms with Gasteiger partial charge in [0.1, 0.15) is 17.8 Å². The molecule has 124 valence electrons. The van der Waals surface area contributed by atoms with Gasteiger partial charge in [0.25, 0.3) is 0 Å². The third-order valence-electron chi connectivity index (χ3n) is 3.73. The molecule has 0 aliphatic carbocycles. The van der Waals surface area contributed by atoms with E-state index in [0.717, 1.165) is 35.8 Å². The van der Waals surface area contributed by atoms with Gasteiger partial charge in [-0.05, 0) is 36.6 Å². The Morgan fingerprint density at radius 1 is 1.25 bits per heavy atom. The zero-order valence-corrected chi connectivity index (χ0v) is 14.0. The van der Waals surface area contributed by atoms with Crippen molar-refractivity contribution < 1.29 is 4.74 Å². The first-order chi connectivity index (χ1) is 11.7. The number of ether oxygens (including phenoxy) is 1. The van der Waals surface area contributed by atoms with Crippen molar-refractivity contribution in [3.05, 3.63) is 47.9 Å². The summed E-state index contributed by atoms with van der Waals surface area (Å²) in [5, 5.41) is 7.35. The number of hydrogen-bond donors (Lipinski definition) is 1. The van der Waals surface area contributed by atoms with Gasteiger partial charge in [0.05, 0.1) is 7.11 Å². The van der Waals surface area contributed by atoms with Gasteiger partial charge in [0.15, 0.2) is 5.82 Å². The van der Waals surface area contributed by atoms with E-state index >= 15 is 0 Å². The summed E-state index contributed by atoms with van der Waals surface area (Å²) in [5.74, 6) is 2.18. The van der Waals surface area contributed by atoms with E-state index in [1.807, 2.05) is 32.2 Å². The molecule has 2 heterocycles. The quantitative estimate of drug-likeness (QED) is 0.749. The fraction of sp³-hybridized carbons (Fsp3) is 0.294. The third kappa shape index (κ3) is 3.51. The Hall–Kier alpha value is -2.96. The summed E-state index contributed by atoms with van der Waals surface area (Å²) in [5.41, 5.74) is 2.95. The molecule has 0 saturated carbocycles. The summed E-state index contributed by atoms with van der Waals surface area (Å²) < 4.78 is 6.94. The zero-order valence-electron chi connectivity index (χ0n) is 14.0. The molecule has 0 saturated heterocycles. The second kappa shape index (κ2) is 7.08. The maximum atomic E-state index is 5.24. The highest BCUT2D eigenvalue weighted by atomic mass is 16.5. The van der Waals surface area contributed by atoms with Crippen molar-refractivity contribution in [1.29, 1.82) is 0 Å². The Labute approximate surface area is 140 Å². The van der Waals surface area contributed by atoms with Gasteiger partial charge in [0.2, 0.25) is 5.95 Å². The Morgan fingerprint density at radius 2 is 2.12 bits per heavy atom. The number of hydrogen-bond acceptors (Lipinski definition) is 6. The lowest BCUT2D eigenvalue weighted by atomic mass is 10.1. The molecule has 0 aliphatic heterocycles. The van der Waals surface area contributed by atoms with Crippen LogP contribution in [-0.4, -0.2) is 38.4 Å². The lowest BCUT2D eigenvalue weighted by molar-refractivity contribution is 0.414. The van der Waals surface area contributed by atoms with Crippen LogP contribution >= 0.6 is 0 Å². The molecular formula is C17H20N6O. The third-order valence-corrected chi connectivity index (χ3v) is 3.73. The highest BCUT2D eigenvalue weighted by molar-refractivity contribution is 5.55. The van der Waals surface area contributed by atoms with E-state index in [1.54, 1.807) is 18.0 Å². The number of methoxy groups -OCH3 is 1. The summed E-state index contributed by atoms with van der Waals surface area (Å²) in [4.78, 5) is 13.2. The maximum Gasteiger partial charge on any atom is 0.223 e. The van der Waals surface area contributed by atoms with Crippen molar-refractivity contribution in [2.75, 3.05) is 19.0 Å². The molecule has 24 heavy (non-hydrogen) atoms. The Morgan fingerprint density at radius 3 is 2.88 bits per heavy atom. The molecule has 0 spiro atoms. The van der Waals surface area contributed by atoms with Crippen molar-refractivity contribution in [1.82, 2.24) is 24.7 Å². The average molecular weight is 324 g/mol. The van der Waals surface area contributed by atoms with E-state index in [9.17, 15) is 0 Å². The molecule has 7 nitrogen and oxygen atoms in total. The molecule has 7 heteroatoms. The standard InChI is InChI=1S/C17H20N6O/c1-12-10-19-17(22-15(12)16-20-11-21-23(16)2)18-8-7-13-5-4-6-14(9-13)24-3/h4-6,9-11H,7-8H2,1-3H3,(H,18,19,22). The van der Waals surface area contributed by atoms with Gasteiger partial charge in [0, 0.05) is 19.8 Å². The van der Waals surface area contributed by atoms with Gasteiger partial charge in [-0.3, -0.25) is 0 Å². The van der Waals surface area contributed by atoms with E-state index in [2.05, 4.69) is 31.4 Å². The second-order valence-electron chi connectivity index (χ2n) is 5.46. The monoisotopic (exact) mass is 324 g/mol. The molecule has 0 amide bonds. The molecule has 0 unspecified atom stereocenters. The van der Waals surface area contributed by atoms with Crippen LogP contribution in [0.25, 0.3) is 11.5 Å². The molecule has 0 fully saturated rings. The number of nitrogens with zero attached hydrogens (tertiary/aromatic N) is 5. The normalized spacial score (nSPS) is 10.6. The molecule has 0 bridgehead atoms. The van der Waals surface area contributed by atoms with Crippen LogP contribution in [0.1, 0.15) is 11.1 Å². The lowest BCUT2D eigenvalue weighted by Crippen LogP contribution is -2.09. The number of rotatable bonds is 6. The van der Waals surface area contributed by atoms with Crippen molar-refractivity contribution >= 4 is 5.95 Å². The van der Waals surface area contributed by atoms with Gasteiger partial charge in [-0.25, -0.2) is 19.6 Å². The van der Waals surface area contributed by atoms with Crippen LogP contribution in [0.5, 0.6) is 5.75 Å². The van der Waals surface area contributed by atoms with E-state index in [0.29, 0.717) is 5.95 Å². The molecule has 3 aromatic rings. The van der Waals surface area contributed by atoms with Gasteiger partial charge in [-0.2, -0.15) is 5.10 Å². The van der Waals surface area contributed by atoms with Gasteiger partial charge in [-0.1, -0.05) is 12.1 Å². The van der Waals surface area contributed by atoms with Crippen molar-refractivity contribution in [3.63, 3.8) is 0 Å². The topological polar surface area (TPSA) is 77.8 Å².